The van der Waals surface area contributed by atoms with E-state index in [4.69, 9.17) is 12.2 Å². The van der Waals surface area contributed by atoms with Crippen molar-refractivity contribution in [2.45, 2.75) is 18.4 Å². The van der Waals surface area contributed by atoms with E-state index in [1.54, 1.807) is 42.5 Å². The summed E-state index contributed by atoms with van der Waals surface area (Å²) in [7, 11) is -3.42. The van der Waals surface area contributed by atoms with Crippen LogP contribution >= 0.6 is 23.6 Å². The summed E-state index contributed by atoms with van der Waals surface area (Å²) in [4.78, 5) is 1.42. The Morgan fingerprint density at radius 2 is 1.95 bits per heavy atom. The number of anilines is 1. The van der Waals surface area contributed by atoms with E-state index in [0.717, 1.165) is 5.69 Å². The number of sulfonamides is 1. The molecule has 0 saturated heterocycles. The Balaban J connectivity index is 1.92. The van der Waals surface area contributed by atoms with Gasteiger partial charge in [0, 0.05) is 17.1 Å². The Morgan fingerprint density at radius 3 is 2.55 bits per heavy atom. The highest BCUT2D eigenvalue weighted by atomic mass is 32.2. The molecule has 0 spiro atoms. The monoisotopic (exact) mass is 355 g/mol. The summed E-state index contributed by atoms with van der Waals surface area (Å²) in [6, 6.07) is 10.5. The molecule has 0 fully saturated rings. The van der Waals surface area contributed by atoms with Crippen LogP contribution in [0.15, 0.2) is 46.7 Å². The molecule has 0 aliphatic rings. The minimum Gasteiger partial charge on any atom is -0.358 e. The lowest BCUT2D eigenvalue weighted by Crippen LogP contribution is -2.27. The molecule has 22 heavy (non-hydrogen) atoms. The van der Waals surface area contributed by atoms with Gasteiger partial charge in [-0.1, -0.05) is 13.0 Å². The van der Waals surface area contributed by atoms with Gasteiger partial charge in [0.05, 0.1) is 11.4 Å². The van der Waals surface area contributed by atoms with Crippen LogP contribution in [0.2, 0.25) is 0 Å². The largest absolute Gasteiger partial charge is 0.358 e. The van der Waals surface area contributed by atoms with Crippen LogP contribution in [0.4, 0.5) is 5.69 Å². The number of benzene rings is 1. The van der Waals surface area contributed by atoms with Crippen molar-refractivity contribution in [2.24, 2.45) is 0 Å². The molecule has 0 amide bonds. The Morgan fingerprint density at radius 1 is 1.23 bits per heavy atom. The summed E-state index contributed by atoms with van der Waals surface area (Å²) in [5.74, 6) is 0. The number of rotatable bonds is 6. The van der Waals surface area contributed by atoms with Crippen molar-refractivity contribution in [3.05, 3.63) is 46.7 Å². The third-order valence-corrected chi connectivity index (χ3v) is 5.44. The van der Waals surface area contributed by atoms with Crippen molar-refractivity contribution >= 4 is 44.4 Å². The number of hydrogen-bond acceptors (Lipinski definition) is 4. The van der Waals surface area contributed by atoms with Crippen LogP contribution in [-0.2, 0) is 16.6 Å². The maximum Gasteiger partial charge on any atom is 0.240 e. The Kier molecular flexibility index (Phi) is 5.90. The third kappa shape index (κ3) is 4.77. The second-order valence-corrected chi connectivity index (χ2v) is 7.62. The van der Waals surface area contributed by atoms with Crippen LogP contribution < -0.4 is 15.4 Å². The van der Waals surface area contributed by atoms with E-state index in [1.807, 2.05) is 17.5 Å². The fourth-order valence-corrected chi connectivity index (χ4v) is 3.62. The normalized spacial score (nSPS) is 11.1. The van der Waals surface area contributed by atoms with E-state index < -0.39 is 10.0 Å². The smallest absolute Gasteiger partial charge is 0.240 e. The lowest BCUT2D eigenvalue weighted by molar-refractivity contribution is 0.584. The van der Waals surface area contributed by atoms with Crippen LogP contribution in [0.5, 0.6) is 0 Å². The van der Waals surface area contributed by atoms with Gasteiger partial charge < -0.3 is 10.6 Å². The first kappa shape index (κ1) is 16.9. The highest BCUT2D eigenvalue weighted by molar-refractivity contribution is 7.89. The fourth-order valence-electron chi connectivity index (χ4n) is 1.75. The Labute approximate surface area is 139 Å². The van der Waals surface area contributed by atoms with Gasteiger partial charge in [0.25, 0.3) is 0 Å². The quantitative estimate of drug-likeness (QED) is 0.695. The molecule has 0 unspecified atom stereocenters. The van der Waals surface area contributed by atoms with Crippen molar-refractivity contribution in [3.63, 3.8) is 0 Å². The van der Waals surface area contributed by atoms with E-state index in [0.29, 0.717) is 18.2 Å². The van der Waals surface area contributed by atoms with Gasteiger partial charge in [-0.25, -0.2) is 13.1 Å². The fraction of sp³-hybridized carbons (Fsp3) is 0.214. The zero-order valence-electron chi connectivity index (χ0n) is 12.0. The zero-order valence-corrected chi connectivity index (χ0v) is 14.4. The molecular weight excluding hydrogens is 338 g/mol. The first-order valence-electron chi connectivity index (χ1n) is 6.68. The van der Waals surface area contributed by atoms with Crippen molar-refractivity contribution < 1.29 is 8.42 Å². The number of nitrogens with one attached hydrogen (secondary N) is 3. The van der Waals surface area contributed by atoms with Crippen molar-refractivity contribution in [1.82, 2.24) is 10.0 Å². The van der Waals surface area contributed by atoms with Gasteiger partial charge in [0.15, 0.2) is 5.11 Å². The molecule has 1 aromatic carbocycles. The predicted molar refractivity (Wildman–Crippen MR) is 94.7 cm³/mol. The maximum absolute atomic E-state index is 11.8. The van der Waals surface area contributed by atoms with Crippen LogP contribution in [0.3, 0.4) is 0 Å². The van der Waals surface area contributed by atoms with Gasteiger partial charge in [-0.15, -0.1) is 11.3 Å². The van der Waals surface area contributed by atoms with Gasteiger partial charge in [0.1, 0.15) is 0 Å². The summed E-state index contributed by atoms with van der Waals surface area (Å²) in [6.45, 7) is 2.76. The molecule has 2 rings (SSSR count). The molecule has 0 bridgehead atoms. The molecule has 3 N–H and O–H groups in total. The first-order valence-corrected chi connectivity index (χ1v) is 9.45. The molecule has 0 saturated carbocycles. The van der Waals surface area contributed by atoms with Crippen molar-refractivity contribution in [1.29, 1.82) is 0 Å². The summed E-state index contributed by atoms with van der Waals surface area (Å²) >= 11 is 6.87. The first-order chi connectivity index (χ1) is 10.5. The highest BCUT2D eigenvalue weighted by Crippen LogP contribution is 2.14. The highest BCUT2D eigenvalue weighted by Gasteiger charge is 2.11. The molecule has 5 nitrogen and oxygen atoms in total. The zero-order chi connectivity index (χ0) is 16.0. The van der Waals surface area contributed by atoms with Gasteiger partial charge in [-0.2, -0.15) is 0 Å². The van der Waals surface area contributed by atoms with Crippen LogP contribution in [0.1, 0.15) is 11.8 Å². The molecule has 0 radical (unpaired) electrons. The molecule has 8 heteroatoms. The lowest BCUT2D eigenvalue weighted by atomic mass is 10.3. The molecule has 0 aliphatic carbocycles. The van der Waals surface area contributed by atoms with E-state index in [9.17, 15) is 8.42 Å². The van der Waals surface area contributed by atoms with Crippen LogP contribution in [-0.4, -0.2) is 20.1 Å². The van der Waals surface area contributed by atoms with Crippen molar-refractivity contribution in [2.75, 3.05) is 11.9 Å². The molecule has 1 heterocycles. The third-order valence-electron chi connectivity index (χ3n) is 2.76. The van der Waals surface area contributed by atoms with E-state index in [2.05, 4.69) is 15.4 Å². The average Bonchev–Trinajstić information content (AvgIpc) is 2.99. The van der Waals surface area contributed by atoms with E-state index in [1.165, 1.54) is 4.88 Å². The van der Waals surface area contributed by atoms with Gasteiger partial charge in [-0.05, 0) is 47.9 Å². The SMILES string of the molecule is CCNS(=O)(=O)c1ccc(NC(=S)NCc2cccs2)cc1. The Bertz CT molecular complexity index is 710. The average molecular weight is 356 g/mol. The number of thiocarbonyl (C=S) groups is 1. The van der Waals surface area contributed by atoms with E-state index in [-0.39, 0.29) is 4.90 Å². The standard InChI is InChI=1S/C14H17N3O2S3/c1-2-16-22(18,19)13-7-5-11(6-8-13)17-14(20)15-10-12-4-3-9-21-12/h3-9,16H,2,10H2,1H3,(H2,15,17,20). The molecule has 2 aromatic rings. The summed E-state index contributed by atoms with van der Waals surface area (Å²) < 4.78 is 26.1. The molecule has 118 valence electrons. The minimum atomic E-state index is -3.42. The van der Waals surface area contributed by atoms with E-state index >= 15 is 0 Å². The lowest BCUT2D eigenvalue weighted by Gasteiger charge is -2.10. The number of thiophene rings is 1. The van der Waals surface area contributed by atoms with Gasteiger partial charge in [0.2, 0.25) is 10.0 Å². The van der Waals surface area contributed by atoms with Crippen LogP contribution in [0.25, 0.3) is 0 Å². The molecule has 0 aliphatic heterocycles. The van der Waals surface area contributed by atoms with Crippen molar-refractivity contribution in [3.8, 4) is 0 Å². The second-order valence-electron chi connectivity index (χ2n) is 4.41. The van der Waals surface area contributed by atoms with Gasteiger partial charge in [-0.3, -0.25) is 0 Å². The maximum atomic E-state index is 11.8. The predicted octanol–water partition coefficient (Wildman–Crippen LogP) is 2.53. The summed E-state index contributed by atoms with van der Waals surface area (Å²) in [6.07, 6.45) is 0. The molecule has 1 aromatic heterocycles. The van der Waals surface area contributed by atoms with Crippen LogP contribution in [0, 0.1) is 0 Å². The summed E-state index contributed by atoms with van der Waals surface area (Å²) in [5.41, 5.74) is 0.735. The Hall–Kier alpha value is -1.48. The minimum absolute atomic E-state index is 0.234. The van der Waals surface area contributed by atoms with Gasteiger partial charge >= 0.3 is 0 Å². The second kappa shape index (κ2) is 7.68. The number of hydrogen-bond donors (Lipinski definition) is 3. The topological polar surface area (TPSA) is 70.2 Å². The molecule has 0 atom stereocenters. The molecular formula is C14H17N3O2S3. The summed E-state index contributed by atoms with van der Waals surface area (Å²) in [5, 5.41) is 8.63.